The van der Waals surface area contributed by atoms with E-state index in [4.69, 9.17) is 9.16 Å². The molecule has 136 valence electrons. The van der Waals surface area contributed by atoms with Gasteiger partial charge in [0.25, 0.3) is 0 Å². The highest BCUT2D eigenvalue weighted by atomic mass is 28.4. The van der Waals surface area contributed by atoms with E-state index in [-0.39, 0.29) is 11.0 Å². The van der Waals surface area contributed by atoms with Crippen molar-refractivity contribution >= 4 is 14.3 Å². The van der Waals surface area contributed by atoms with Gasteiger partial charge in [-0.1, -0.05) is 39.8 Å². The summed E-state index contributed by atoms with van der Waals surface area (Å²) in [7, 11) is -1.85. The van der Waals surface area contributed by atoms with Crippen LogP contribution in [0.1, 0.15) is 60.3 Å². The maximum Gasteiger partial charge on any atom is 0.302 e. The van der Waals surface area contributed by atoms with Crippen LogP contribution in [0.5, 0.6) is 0 Å². The quantitative estimate of drug-likeness (QED) is 0.275. The molecule has 0 aliphatic carbocycles. The number of ether oxygens (including phenoxy) is 1. The lowest BCUT2D eigenvalue weighted by atomic mass is 10.0. The topological polar surface area (TPSA) is 55.8 Å². The van der Waals surface area contributed by atoms with Gasteiger partial charge in [-0.15, -0.1) is 0 Å². The Labute approximate surface area is 143 Å². The number of esters is 1. The maximum atomic E-state index is 10.7. The van der Waals surface area contributed by atoms with E-state index in [1.807, 2.05) is 19.1 Å². The molecule has 0 radical (unpaired) electrons. The number of carbonyl (C=O) groups excluding carboxylic acids is 1. The molecule has 1 N–H and O–H groups in total. The van der Waals surface area contributed by atoms with E-state index in [2.05, 4.69) is 33.9 Å². The molecule has 1 atom stereocenters. The number of unbranched alkanes of at least 4 members (excludes halogenated alkanes) is 2. The molecule has 0 heterocycles. The number of rotatable bonds is 10. The summed E-state index contributed by atoms with van der Waals surface area (Å²) in [6.45, 7) is 15.2. The Balaban J connectivity index is 4.29. The van der Waals surface area contributed by atoms with E-state index in [1.54, 1.807) is 0 Å². The van der Waals surface area contributed by atoms with Crippen molar-refractivity contribution in [3.8, 4) is 0 Å². The van der Waals surface area contributed by atoms with Gasteiger partial charge in [-0.25, -0.2) is 0 Å². The number of hydrogen-bond acceptors (Lipinski definition) is 4. The monoisotopic (exact) mass is 344 g/mol. The molecule has 4 nitrogen and oxygen atoms in total. The normalized spacial score (nSPS) is 15.7. The van der Waals surface area contributed by atoms with Crippen LogP contribution < -0.4 is 0 Å². The van der Waals surface area contributed by atoms with Crippen LogP contribution in [0.3, 0.4) is 0 Å². The summed E-state index contributed by atoms with van der Waals surface area (Å²) in [5.41, 5.74) is -0.897. The summed E-state index contributed by atoms with van der Waals surface area (Å²) in [4.78, 5) is 10.6. The van der Waals surface area contributed by atoms with E-state index in [1.165, 1.54) is 6.92 Å². The van der Waals surface area contributed by atoms with Crippen molar-refractivity contribution in [2.75, 3.05) is 13.2 Å². The first-order valence-corrected chi connectivity index (χ1v) is 11.5. The number of allylic oxidation sites excluding steroid dienone is 1. The smallest absolute Gasteiger partial charge is 0.302 e. The molecular formula is C18H36O4Si. The Morgan fingerprint density at radius 2 is 1.83 bits per heavy atom. The van der Waals surface area contributed by atoms with Gasteiger partial charge in [0.2, 0.25) is 0 Å². The van der Waals surface area contributed by atoms with E-state index in [0.29, 0.717) is 19.6 Å². The summed E-state index contributed by atoms with van der Waals surface area (Å²) in [5, 5.41) is 10.8. The zero-order chi connectivity index (χ0) is 18.1. The maximum absolute atomic E-state index is 10.7. The van der Waals surface area contributed by atoms with Gasteiger partial charge in [0.15, 0.2) is 8.32 Å². The third-order valence-corrected chi connectivity index (χ3v) is 9.08. The molecule has 5 heteroatoms. The number of carbonyl (C=O) groups is 1. The van der Waals surface area contributed by atoms with Crippen LogP contribution in [0, 0.1) is 0 Å². The zero-order valence-corrected chi connectivity index (χ0v) is 17.1. The standard InChI is InChI=1S/C18H36O4Si/c1-8-18(20,15-22-23(6,7)17(3,4)5)13-11-9-10-12-14-21-16(2)19/h11,13,20H,8-10,12,14-15H2,1-7H3/b13-11+. The van der Waals surface area contributed by atoms with Crippen LogP contribution in [0.2, 0.25) is 18.1 Å². The molecule has 1 unspecified atom stereocenters. The molecule has 0 aromatic carbocycles. The lowest BCUT2D eigenvalue weighted by molar-refractivity contribution is -0.141. The summed E-state index contributed by atoms with van der Waals surface area (Å²) in [5.74, 6) is -0.233. The number of hydrogen-bond donors (Lipinski definition) is 1. The first-order valence-electron chi connectivity index (χ1n) is 8.61. The van der Waals surface area contributed by atoms with Gasteiger partial charge in [0.05, 0.1) is 13.2 Å². The molecule has 0 aromatic rings. The minimum atomic E-state index is -1.85. The molecule has 0 spiro atoms. The van der Waals surface area contributed by atoms with Gasteiger partial charge in [-0.3, -0.25) is 4.79 Å². The molecule has 0 bridgehead atoms. The molecule has 0 saturated heterocycles. The average Bonchev–Trinajstić information content (AvgIpc) is 2.43. The number of aliphatic hydroxyl groups is 1. The lowest BCUT2D eigenvalue weighted by Crippen LogP contribution is -2.45. The van der Waals surface area contributed by atoms with Crippen LogP contribution in [0.25, 0.3) is 0 Å². The molecular weight excluding hydrogens is 308 g/mol. The summed E-state index contributed by atoms with van der Waals surface area (Å²) in [6.07, 6.45) is 7.15. The fraction of sp³-hybridized carbons (Fsp3) is 0.833. The zero-order valence-electron chi connectivity index (χ0n) is 16.1. The molecule has 0 aliphatic heterocycles. The van der Waals surface area contributed by atoms with Gasteiger partial charge < -0.3 is 14.3 Å². The second-order valence-electron chi connectivity index (χ2n) is 7.74. The predicted molar refractivity (Wildman–Crippen MR) is 98.0 cm³/mol. The highest BCUT2D eigenvalue weighted by Crippen LogP contribution is 2.37. The highest BCUT2D eigenvalue weighted by Gasteiger charge is 2.38. The van der Waals surface area contributed by atoms with E-state index < -0.39 is 13.9 Å². The summed E-state index contributed by atoms with van der Waals surface area (Å²) in [6, 6.07) is 0. The van der Waals surface area contributed by atoms with E-state index in [9.17, 15) is 9.90 Å². The van der Waals surface area contributed by atoms with Crippen molar-refractivity contribution < 1.29 is 19.1 Å². The molecule has 0 aromatic heterocycles. The third kappa shape index (κ3) is 9.28. The van der Waals surface area contributed by atoms with Gasteiger partial charge in [-0.05, 0) is 43.8 Å². The van der Waals surface area contributed by atoms with Crippen molar-refractivity contribution in [3.63, 3.8) is 0 Å². The molecule has 23 heavy (non-hydrogen) atoms. The average molecular weight is 345 g/mol. The van der Waals surface area contributed by atoms with Crippen molar-refractivity contribution in [1.29, 1.82) is 0 Å². The fourth-order valence-electron chi connectivity index (χ4n) is 1.67. The first kappa shape index (κ1) is 22.3. The Morgan fingerprint density at radius 3 is 2.30 bits per heavy atom. The molecule has 0 amide bonds. The SMILES string of the molecule is CCC(O)(/C=C/CCCCOC(C)=O)CO[Si](C)(C)C(C)(C)C. The largest absolute Gasteiger partial charge is 0.466 e. The van der Waals surface area contributed by atoms with Crippen molar-refractivity contribution in [3.05, 3.63) is 12.2 Å². The minimum Gasteiger partial charge on any atom is -0.466 e. The third-order valence-electron chi connectivity index (χ3n) is 4.60. The molecule has 0 aliphatic rings. The van der Waals surface area contributed by atoms with Crippen LogP contribution in [-0.4, -0.2) is 38.2 Å². The van der Waals surface area contributed by atoms with Crippen LogP contribution in [0.15, 0.2) is 12.2 Å². The van der Waals surface area contributed by atoms with Crippen LogP contribution in [0.4, 0.5) is 0 Å². The van der Waals surface area contributed by atoms with Gasteiger partial charge in [-0.2, -0.15) is 0 Å². The lowest BCUT2D eigenvalue weighted by Gasteiger charge is -2.38. The van der Waals surface area contributed by atoms with Crippen molar-refractivity contribution in [1.82, 2.24) is 0 Å². The molecule has 0 fully saturated rings. The highest BCUT2D eigenvalue weighted by molar-refractivity contribution is 6.74. The Morgan fingerprint density at radius 1 is 1.22 bits per heavy atom. The van der Waals surface area contributed by atoms with Crippen LogP contribution >= 0.6 is 0 Å². The van der Waals surface area contributed by atoms with Crippen molar-refractivity contribution in [2.45, 2.75) is 84.0 Å². The predicted octanol–water partition coefficient (Wildman–Crippen LogP) is 4.44. The second-order valence-corrected chi connectivity index (χ2v) is 12.6. The summed E-state index contributed by atoms with van der Waals surface area (Å²) < 4.78 is 11.0. The summed E-state index contributed by atoms with van der Waals surface area (Å²) >= 11 is 0. The molecule has 0 rings (SSSR count). The van der Waals surface area contributed by atoms with Crippen molar-refractivity contribution in [2.24, 2.45) is 0 Å². The molecule has 0 saturated carbocycles. The first-order chi connectivity index (χ1) is 10.4. The Kier molecular flexibility index (Phi) is 9.32. The fourth-order valence-corrected chi connectivity index (χ4v) is 2.72. The Hall–Kier alpha value is -0.653. The van der Waals surface area contributed by atoms with Gasteiger partial charge in [0, 0.05) is 6.92 Å². The second kappa shape index (κ2) is 9.60. The van der Waals surface area contributed by atoms with Gasteiger partial charge in [0.1, 0.15) is 5.60 Å². The minimum absolute atomic E-state index is 0.141. The Bertz CT molecular complexity index is 385. The van der Waals surface area contributed by atoms with Gasteiger partial charge >= 0.3 is 5.97 Å². The van der Waals surface area contributed by atoms with E-state index >= 15 is 0 Å². The van der Waals surface area contributed by atoms with Crippen LogP contribution in [-0.2, 0) is 14.0 Å². The van der Waals surface area contributed by atoms with E-state index in [0.717, 1.165) is 19.3 Å².